The van der Waals surface area contributed by atoms with Gasteiger partial charge in [-0.1, -0.05) is 56.3 Å². The van der Waals surface area contributed by atoms with Gasteiger partial charge in [-0.05, 0) is 42.5 Å². The van der Waals surface area contributed by atoms with E-state index in [1.165, 1.54) is 0 Å². The Morgan fingerprint density at radius 2 is 1.71 bits per heavy atom. The lowest BCUT2D eigenvalue weighted by atomic mass is 9.75. The summed E-state index contributed by atoms with van der Waals surface area (Å²) in [4.78, 5) is 0. The summed E-state index contributed by atoms with van der Waals surface area (Å²) in [5.74, 6) is 0.821. The van der Waals surface area contributed by atoms with Crippen LogP contribution in [0.1, 0.15) is 44.2 Å². The third-order valence-corrected chi connectivity index (χ3v) is 3.80. The molecule has 2 aromatic rings. The Hall–Kier alpha value is -1.80. The van der Waals surface area contributed by atoms with Crippen LogP contribution in [-0.4, -0.2) is 5.11 Å². The van der Waals surface area contributed by atoms with E-state index in [0.717, 1.165) is 36.1 Å². The van der Waals surface area contributed by atoms with Crippen molar-refractivity contribution >= 4 is 0 Å². The molecule has 1 N–H and O–H groups in total. The molecule has 0 spiro atoms. The van der Waals surface area contributed by atoms with Crippen LogP contribution in [0.15, 0.2) is 54.6 Å². The van der Waals surface area contributed by atoms with Gasteiger partial charge in [0.2, 0.25) is 0 Å². The topological polar surface area (TPSA) is 29.5 Å². The minimum absolute atomic E-state index is 0.558. The van der Waals surface area contributed by atoms with Gasteiger partial charge in [0, 0.05) is 0 Å². The first-order chi connectivity index (χ1) is 10.3. The van der Waals surface area contributed by atoms with Gasteiger partial charge in [-0.2, -0.15) is 0 Å². The number of hydrogen-bond donors (Lipinski definition) is 1. The Morgan fingerprint density at radius 3 is 2.33 bits per heavy atom. The van der Waals surface area contributed by atoms with Crippen molar-refractivity contribution in [3.05, 3.63) is 65.7 Å². The van der Waals surface area contributed by atoms with Crippen molar-refractivity contribution in [1.82, 2.24) is 0 Å². The first-order valence-electron chi connectivity index (χ1n) is 7.76. The van der Waals surface area contributed by atoms with Crippen molar-refractivity contribution in [2.75, 3.05) is 0 Å². The highest BCUT2D eigenvalue weighted by molar-refractivity contribution is 5.33. The number of benzene rings is 2. The van der Waals surface area contributed by atoms with Crippen molar-refractivity contribution in [2.24, 2.45) is 0 Å². The Labute approximate surface area is 127 Å². The molecule has 0 aliphatic heterocycles. The molecule has 1 aliphatic rings. The zero-order valence-electron chi connectivity index (χ0n) is 12.9. The highest BCUT2D eigenvalue weighted by Crippen LogP contribution is 2.41. The average Bonchev–Trinajstić information content (AvgIpc) is 2.54. The van der Waals surface area contributed by atoms with Gasteiger partial charge in [-0.3, -0.25) is 0 Å². The molecule has 3 rings (SSSR count). The van der Waals surface area contributed by atoms with Crippen molar-refractivity contribution in [2.45, 2.75) is 45.3 Å². The largest absolute Gasteiger partial charge is 0.489 e. The van der Waals surface area contributed by atoms with Crippen LogP contribution in [0, 0.1) is 0 Å². The smallest absolute Gasteiger partial charge is 0.120 e. The van der Waals surface area contributed by atoms with Crippen LogP contribution in [0.3, 0.4) is 0 Å². The van der Waals surface area contributed by atoms with Crippen LogP contribution in [0.4, 0.5) is 0 Å². The second-order valence-corrected chi connectivity index (χ2v) is 5.19. The third kappa shape index (κ3) is 3.85. The molecule has 0 amide bonds. The van der Waals surface area contributed by atoms with E-state index in [-0.39, 0.29) is 0 Å². The van der Waals surface area contributed by atoms with Crippen molar-refractivity contribution in [3.8, 4) is 5.75 Å². The number of aliphatic hydroxyl groups is 1. The summed E-state index contributed by atoms with van der Waals surface area (Å²) in [7, 11) is 0. The predicted molar refractivity (Wildman–Crippen MR) is 86.3 cm³/mol. The van der Waals surface area contributed by atoms with Crippen molar-refractivity contribution in [1.29, 1.82) is 0 Å². The second kappa shape index (κ2) is 7.28. The number of ether oxygens (including phenoxy) is 1. The minimum atomic E-state index is -0.619. The fourth-order valence-electron chi connectivity index (χ4n) is 2.42. The molecule has 0 bridgehead atoms. The summed E-state index contributed by atoms with van der Waals surface area (Å²) in [5, 5.41) is 10.3. The molecular weight excluding hydrogens is 260 g/mol. The second-order valence-electron chi connectivity index (χ2n) is 5.19. The molecule has 2 aromatic carbocycles. The third-order valence-electron chi connectivity index (χ3n) is 3.80. The van der Waals surface area contributed by atoms with Gasteiger partial charge < -0.3 is 9.84 Å². The van der Waals surface area contributed by atoms with E-state index in [2.05, 4.69) is 0 Å². The molecule has 1 aliphatic carbocycles. The van der Waals surface area contributed by atoms with Crippen molar-refractivity contribution < 1.29 is 9.84 Å². The zero-order valence-corrected chi connectivity index (χ0v) is 12.9. The van der Waals surface area contributed by atoms with Gasteiger partial charge in [0.25, 0.3) is 0 Å². The monoisotopic (exact) mass is 284 g/mol. The standard InChI is InChI=1S/C17H18O2.C2H6/c18-17(10-5-11-17)15-8-4-9-16(12-15)19-13-14-6-2-1-3-7-14;1-2/h1-4,6-9,12,18H,5,10-11,13H2;1-2H3. The van der Waals surface area contributed by atoms with E-state index in [9.17, 15) is 5.11 Å². The molecule has 112 valence electrons. The highest BCUT2D eigenvalue weighted by atomic mass is 16.5. The molecule has 0 saturated heterocycles. The van der Waals surface area contributed by atoms with E-state index in [1.807, 2.05) is 68.4 Å². The van der Waals surface area contributed by atoms with E-state index in [4.69, 9.17) is 4.74 Å². The van der Waals surface area contributed by atoms with Gasteiger partial charge >= 0.3 is 0 Å². The number of rotatable bonds is 4. The van der Waals surface area contributed by atoms with Crippen LogP contribution in [-0.2, 0) is 12.2 Å². The highest BCUT2D eigenvalue weighted by Gasteiger charge is 2.36. The summed E-state index contributed by atoms with van der Waals surface area (Å²) in [5.41, 5.74) is 1.51. The molecular formula is C19H24O2. The van der Waals surface area contributed by atoms with Gasteiger partial charge in [-0.15, -0.1) is 0 Å². The maximum atomic E-state index is 10.3. The van der Waals surface area contributed by atoms with Crippen LogP contribution in [0.2, 0.25) is 0 Å². The lowest BCUT2D eigenvalue weighted by Crippen LogP contribution is -2.33. The summed E-state index contributed by atoms with van der Waals surface area (Å²) >= 11 is 0. The Bertz CT molecular complexity index is 545. The number of hydrogen-bond acceptors (Lipinski definition) is 2. The Balaban J connectivity index is 0.000000774. The first-order valence-corrected chi connectivity index (χ1v) is 7.76. The van der Waals surface area contributed by atoms with E-state index >= 15 is 0 Å². The summed E-state index contributed by atoms with van der Waals surface area (Å²) in [6.45, 7) is 4.56. The van der Waals surface area contributed by atoms with E-state index < -0.39 is 5.60 Å². The fraction of sp³-hybridized carbons (Fsp3) is 0.368. The minimum Gasteiger partial charge on any atom is -0.489 e. The predicted octanol–water partition coefficient (Wildman–Crippen LogP) is 4.66. The van der Waals surface area contributed by atoms with Gasteiger partial charge in [0.15, 0.2) is 0 Å². The maximum Gasteiger partial charge on any atom is 0.120 e. The van der Waals surface area contributed by atoms with E-state index in [0.29, 0.717) is 6.61 Å². The van der Waals surface area contributed by atoms with Gasteiger partial charge in [-0.25, -0.2) is 0 Å². The van der Waals surface area contributed by atoms with Gasteiger partial charge in [0.05, 0.1) is 5.60 Å². The van der Waals surface area contributed by atoms with Gasteiger partial charge in [0.1, 0.15) is 12.4 Å². The Morgan fingerprint density at radius 1 is 1.00 bits per heavy atom. The average molecular weight is 284 g/mol. The lowest BCUT2D eigenvalue weighted by Gasteiger charge is -2.37. The maximum absolute atomic E-state index is 10.3. The normalized spacial score (nSPS) is 15.4. The molecule has 0 aromatic heterocycles. The molecule has 2 nitrogen and oxygen atoms in total. The zero-order chi connectivity index (χ0) is 15.1. The Kier molecular flexibility index (Phi) is 5.40. The molecule has 0 unspecified atom stereocenters. The summed E-state index contributed by atoms with van der Waals surface area (Å²) in [6, 6.07) is 17.9. The van der Waals surface area contributed by atoms with Crippen LogP contribution in [0.5, 0.6) is 5.75 Å². The summed E-state index contributed by atoms with van der Waals surface area (Å²) in [6.07, 6.45) is 2.82. The quantitative estimate of drug-likeness (QED) is 0.884. The SMILES string of the molecule is CC.OC1(c2cccc(OCc3ccccc3)c2)CCC1. The molecule has 0 heterocycles. The van der Waals surface area contributed by atoms with Crippen LogP contribution < -0.4 is 4.74 Å². The van der Waals surface area contributed by atoms with Crippen LogP contribution >= 0.6 is 0 Å². The molecule has 1 fully saturated rings. The lowest BCUT2D eigenvalue weighted by molar-refractivity contribution is -0.0389. The molecule has 2 heteroatoms. The molecule has 0 radical (unpaired) electrons. The first kappa shape index (κ1) is 15.6. The fourth-order valence-corrected chi connectivity index (χ4v) is 2.42. The van der Waals surface area contributed by atoms with E-state index in [1.54, 1.807) is 0 Å². The molecule has 21 heavy (non-hydrogen) atoms. The molecule has 1 saturated carbocycles. The summed E-state index contributed by atoms with van der Waals surface area (Å²) < 4.78 is 5.79. The molecule has 0 atom stereocenters. The van der Waals surface area contributed by atoms with Crippen molar-refractivity contribution in [3.63, 3.8) is 0 Å². The van der Waals surface area contributed by atoms with Crippen LogP contribution in [0.25, 0.3) is 0 Å².